The minimum atomic E-state index is 0.318. The van der Waals surface area contributed by atoms with E-state index in [-0.39, 0.29) is 0 Å². The van der Waals surface area contributed by atoms with E-state index in [9.17, 15) is 0 Å². The molecular weight excluding hydrogens is 245 g/mol. The van der Waals surface area contributed by atoms with Gasteiger partial charge in [0.2, 0.25) is 0 Å². The molecule has 0 saturated carbocycles. The summed E-state index contributed by atoms with van der Waals surface area (Å²) >= 11 is 12.2. The Hall–Kier alpha value is -0.570. The molecule has 0 spiro atoms. The molecule has 1 atom stereocenters. The number of hydrogen-bond donors (Lipinski definition) is 0. The molecule has 16 heavy (non-hydrogen) atoms. The van der Waals surface area contributed by atoms with Gasteiger partial charge in [-0.3, -0.25) is 0 Å². The van der Waals surface area contributed by atoms with E-state index in [0.29, 0.717) is 16.3 Å². The van der Waals surface area contributed by atoms with Crippen molar-refractivity contribution in [2.75, 3.05) is 7.11 Å². The number of aromatic nitrogens is 1. The van der Waals surface area contributed by atoms with E-state index in [1.54, 1.807) is 19.4 Å². The van der Waals surface area contributed by atoms with Crippen LogP contribution in [-0.4, -0.2) is 18.2 Å². The van der Waals surface area contributed by atoms with Crippen LogP contribution >= 0.6 is 23.2 Å². The van der Waals surface area contributed by atoms with Gasteiger partial charge in [0, 0.05) is 18.9 Å². The summed E-state index contributed by atoms with van der Waals surface area (Å²) in [5.74, 6) is 0. The van der Waals surface area contributed by atoms with Crippen molar-refractivity contribution in [1.82, 2.24) is 4.98 Å². The van der Waals surface area contributed by atoms with Crippen LogP contribution in [0.25, 0.3) is 5.57 Å². The number of hydrogen-bond acceptors (Lipinski definition) is 2. The molecule has 4 heteroatoms. The highest BCUT2D eigenvalue weighted by atomic mass is 35.5. The molecule has 1 heterocycles. The first kappa shape index (κ1) is 11.9. The van der Waals surface area contributed by atoms with Gasteiger partial charge in [0.05, 0.1) is 11.1 Å². The summed E-state index contributed by atoms with van der Waals surface area (Å²) in [5, 5.41) is 1.15. The second-order valence-electron chi connectivity index (χ2n) is 3.82. The van der Waals surface area contributed by atoms with E-state index < -0.39 is 0 Å². The Morgan fingerprint density at radius 1 is 1.44 bits per heavy atom. The SMILES string of the molecule is COC1CC=C(c2c(Cl)ccnc2Cl)CC1. The minimum Gasteiger partial charge on any atom is -0.381 e. The number of pyridine rings is 1. The van der Waals surface area contributed by atoms with Gasteiger partial charge in [-0.25, -0.2) is 4.98 Å². The molecule has 86 valence electrons. The number of ether oxygens (including phenoxy) is 1. The molecule has 1 aromatic rings. The van der Waals surface area contributed by atoms with Crippen molar-refractivity contribution in [3.8, 4) is 0 Å². The molecule has 0 bridgehead atoms. The number of rotatable bonds is 2. The molecule has 0 aliphatic heterocycles. The van der Waals surface area contributed by atoms with Gasteiger partial charge in [-0.1, -0.05) is 29.3 Å². The molecule has 0 amide bonds. The fourth-order valence-corrected chi connectivity index (χ4v) is 2.55. The van der Waals surface area contributed by atoms with Gasteiger partial charge < -0.3 is 4.74 Å². The van der Waals surface area contributed by atoms with Crippen LogP contribution in [0.3, 0.4) is 0 Å². The van der Waals surface area contributed by atoms with E-state index >= 15 is 0 Å². The zero-order valence-corrected chi connectivity index (χ0v) is 10.6. The third-order valence-corrected chi connectivity index (χ3v) is 3.47. The summed E-state index contributed by atoms with van der Waals surface area (Å²) in [7, 11) is 1.74. The Labute approximate surface area is 105 Å². The van der Waals surface area contributed by atoms with Gasteiger partial charge in [-0.15, -0.1) is 0 Å². The van der Waals surface area contributed by atoms with Gasteiger partial charge in [0.25, 0.3) is 0 Å². The molecule has 1 aromatic heterocycles. The minimum absolute atomic E-state index is 0.318. The third-order valence-electron chi connectivity index (χ3n) is 2.87. The Balaban J connectivity index is 2.29. The highest BCUT2D eigenvalue weighted by molar-refractivity contribution is 6.36. The average molecular weight is 258 g/mol. The van der Waals surface area contributed by atoms with Crippen LogP contribution in [0, 0.1) is 0 Å². The summed E-state index contributed by atoms with van der Waals surface area (Å²) in [6.07, 6.45) is 6.93. The molecule has 0 radical (unpaired) electrons. The first-order chi connectivity index (χ1) is 7.72. The van der Waals surface area contributed by atoms with Crippen molar-refractivity contribution < 1.29 is 4.74 Å². The predicted molar refractivity (Wildman–Crippen MR) is 66.9 cm³/mol. The summed E-state index contributed by atoms with van der Waals surface area (Å²) in [4.78, 5) is 4.06. The second-order valence-corrected chi connectivity index (χ2v) is 4.59. The van der Waals surface area contributed by atoms with Crippen LogP contribution in [0.2, 0.25) is 10.2 Å². The van der Waals surface area contributed by atoms with Gasteiger partial charge in [0.1, 0.15) is 5.15 Å². The topological polar surface area (TPSA) is 22.1 Å². The highest BCUT2D eigenvalue weighted by Crippen LogP contribution is 2.35. The van der Waals surface area contributed by atoms with Gasteiger partial charge in [0.15, 0.2) is 0 Å². The lowest BCUT2D eigenvalue weighted by molar-refractivity contribution is 0.0964. The number of allylic oxidation sites excluding steroid dienone is 1. The summed E-state index contributed by atoms with van der Waals surface area (Å²) in [6, 6.07) is 1.77. The molecular formula is C12H13Cl2NO. The van der Waals surface area contributed by atoms with Gasteiger partial charge in [-0.05, 0) is 30.9 Å². The second kappa shape index (κ2) is 5.17. The first-order valence-corrected chi connectivity index (χ1v) is 6.00. The zero-order valence-electron chi connectivity index (χ0n) is 9.04. The number of nitrogens with zero attached hydrogens (tertiary/aromatic N) is 1. The third kappa shape index (κ3) is 2.40. The van der Waals surface area contributed by atoms with Crippen LogP contribution in [0.5, 0.6) is 0 Å². The van der Waals surface area contributed by atoms with Crippen molar-refractivity contribution in [2.24, 2.45) is 0 Å². The fraction of sp³-hybridized carbons (Fsp3) is 0.417. The van der Waals surface area contributed by atoms with E-state index in [1.807, 2.05) is 0 Å². The molecule has 0 fully saturated rings. The lowest BCUT2D eigenvalue weighted by atomic mass is 9.93. The lowest BCUT2D eigenvalue weighted by Crippen LogP contribution is -2.13. The standard InChI is InChI=1S/C12H13Cl2NO/c1-16-9-4-2-8(3-5-9)11-10(13)6-7-15-12(11)14/h2,6-7,9H,3-5H2,1H3. The monoisotopic (exact) mass is 257 g/mol. The van der Waals surface area contributed by atoms with Crippen molar-refractivity contribution >= 4 is 28.8 Å². The Morgan fingerprint density at radius 3 is 2.81 bits per heavy atom. The van der Waals surface area contributed by atoms with E-state index in [1.165, 1.54) is 5.57 Å². The van der Waals surface area contributed by atoms with Crippen molar-refractivity contribution in [3.63, 3.8) is 0 Å². The maximum atomic E-state index is 6.14. The smallest absolute Gasteiger partial charge is 0.137 e. The van der Waals surface area contributed by atoms with Crippen LogP contribution < -0.4 is 0 Å². The van der Waals surface area contributed by atoms with Crippen molar-refractivity contribution in [3.05, 3.63) is 34.1 Å². The van der Waals surface area contributed by atoms with Crippen molar-refractivity contribution in [1.29, 1.82) is 0 Å². The van der Waals surface area contributed by atoms with Crippen LogP contribution in [-0.2, 0) is 4.74 Å². The quantitative estimate of drug-likeness (QED) is 0.749. The largest absolute Gasteiger partial charge is 0.381 e. The lowest BCUT2D eigenvalue weighted by Gasteiger charge is -2.21. The molecule has 2 nitrogen and oxygen atoms in total. The first-order valence-electron chi connectivity index (χ1n) is 5.24. The Morgan fingerprint density at radius 2 is 2.25 bits per heavy atom. The molecule has 1 unspecified atom stereocenters. The van der Waals surface area contributed by atoms with Crippen molar-refractivity contribution in [2.45, 2.75) is 25.4 Å². The Kier molecular flexibility index (Phi) is 3.85. The van der Waals surface area contributed by atoms with Crippen LogP contribution in [0.1, 0.15) is 24.8 Å². The molecule has 0 N–H and O–H groups in total. The highest BCUT2D eigenvalue weighted by Gasteiger charge is 2.18. The van der Waals surface area contributed by atoms with Gasteiger partial charge in [-0.2, -0.15) is 0 Å². The maximum absolute atomic E-state index is 6.14. The fourth-order valence-electron chi connectivity index (χ4n) is 1.95. The molecule has 2 rings (SSSR count). The summed E-state index contributed by atoms with van der Waals surface area (Å²) in [5.41, 5.74) is 2.05. The number of methoxy groups -OCH3 is 1. The maximum Gasteiger partial charge on any atom is 0.137 e. The molecule has 1 aliphatic rings. The normalized spacial score (nSPS) is 20.7. The summed E-state index contributed by atoms with van der Waals surface area (Å²) in [6.45, 7) is 0. The van der Waals surface area contributed by atoms with E-state index in [4.69, 9.17) is 27.9 Å². The van der Waals surface area contributed by atoms with Crippen LogP contribution in [0.4, 0.5) is 0 Å². The predicted octanol–water partition coefficient (Wildman–Crippen LogP) is 3.97. The van der Waals surface area contributed by atoms with Gasteiger partial charge >= 0.3 is 0 Å². The Bertz CT molecular complexity index is 397. The van der Waals surface area contributed by atoms with E-state index in [2.05, 4.69) is 11.1 Å². The molecule has 0 saturated heterocycles. The van der Waals surface area contributed by atoms with Crippen LogP contribution in [0.15, 0.2) is 18.3 Å². The molecule has 1 aliphatic carbocycles. The number of halogens is 2. The summed E-state index contributed by atoms with van der Waals surface area (Å²) < 4.78 is 5.31. The molecule has 0 aromatic carbocycles. The van der Waals surface area contributed by atoms with E-state index in [0.717, 1.165) is 24.8 Å². The zero-order chi connectivity index (χ0) is 11.5. The average Bonchev–Trinajstić information content (AvgIpc) is 2.30.